The summed E-state index contributed by atoms with van der Waals surface area (Å²) in [5, 5.41) is 12.4. The molecular weight excluding hydrogens is 318 g/mol. The van der Waals surface area contributed by atoms with Crippen LogP contribution in [-0.2, 0) is 10.2 Å². The van der Waals surface area contributed by atoms with Crippen LogP contribution in [0, 0.1) is 11.3 Å². The van der Waals surface area contributed by atoms with Crippen LogP contribution < -0.4 is 10.1 Å². The summed E-state index contributed by atoms with van der Waals surface area (Å²) >= 11 is 0. The van der Waals surface area contributed by atoms with E-state index in [-0.39, 0.29) is 18.9 Å². The molecule has 2 aliphatic heterocycles. The molecule has 0 unspecified atom stereocenters. The molecule has 1 fully saturated rings. The summed E-state index contributed by atoms with van der Waals surface area (Å²) in [7, 11) is 0. The molecule has 0 radical (unpaired) electrons. The van der Waals surface area contributed by atoms with Gasteiger partial charge in [-0.15, -0.1) is 0 Å². The van der Waals surface area contributed by atoms with Crippen molar-refractivity contribution >= 4 is 17.7 Å². The molecule has 1 N–H and O–H groups in total. The van der Waals surface area contributed by atoms with Gasteiger partial charge in [0.2, 0.25) is 5.91 Å². The first-order valence-electron chi connectivity index (χ1n) is 7.98. The SMILES string of the molecule is N#C[C@@H]1C[C@@]2(CN1C(=O)Oc1ccccc1)C(=O)Nc1ccccc12. The van der Waals surface area contributed by atoms with Crippen LogP contribution in [0.5, 0.6) is 5.75 Å². The lowest BCUT2D eigenvalue weighted by molar-refractivity contribution is -0.120. The van der Waals surface area contributed by atoms with Gasteiger partial charge in [-0.1, -0.05) is 36.4 Å². The number of carbonyl (C=O) groups excluding carboxylic acids is 2. The van der Waals surface area contributed by atoms with Crippen LogP contribution in [-0.4, -0.2) is 29.5 Å². The Kier molecular flexibility index (Phi) is 3.43. The van der Waals surface area contributed by atoms with Gasteiger partial charge in [0.15, 0.2) is 0 Å². The number of para-hydroxylation sites is 2. The molecule has 6 heteroatoms. The van der Waals surface area contributed by atoms with Gasteiger partial charge in [-0.3, -0.25) is 9.69 Å². The second-order valence-corrected chi connectivity index (χ2v) is 6.24. The van der Waals surface area contributed by atoms with E-state index < -0.39 is 17.6 Å². The Morgan fingerprint density at radius 3 is 2.68 bits per heavy atom. The maximum absolute atomic E-state index is 12.6. The zero-order chi connectivity index (χ0) is 17.4. The molecule has 124 valence electrons. The molecule has 0 saturated carbocycles. The third-order valence-corrected chi connectivity index (χ3v) is 4.82. The number of rotatable bonds is 1. The second-order valence-electron chi connectivity index (χ2n) is 6.24. The van der Waals surface area contributed by atoms with Gasteiger partial charge in [0.25, 0.3) is 0 Å². The van der Waals surface area contributed by atoms with Crippen molar-refractivity contribution in [1.82, 2.24) is 4.90 Å². The maximum atomic E-state index is 12.6. The zero-order valence-corrected chi connectivity index (χ0v) is 13.3. The summed E-state index contributed by atoms with van der Waals surface area (Å²) in [6.07, 6.45) is -0.359. The van der Waals surface area contributed by atoms with E-state index in [4.69, 9.17) is 4.74 Å². The van der Waals surface area contributed by atoms with Crippen LogP contribution in [0.4, 0.5) is 10.5 Å². The number of likely N-dealkylation sites (tertiary alicyclic amines) is 1. The van der Waals surface area contributed by atoms with Gasteiger partial charge in [0, 0.05) is 18.7 Å². The maximum Gasteiger partial charge on any atom is 0.416 e. The van der Waals surface area contributed by atoms with Crippen LogP contribution in [0.2, 0.25) is 0 Å². The highest BCUT2D eigenvalue weighted by Crippen LogP contribution is 2.46. The molecule has 0 aliphatic carbocycles. The number of fused-ring (bicyclic) bond motifs is 2. The Hall–Kier alpha value is -3.33. The van der Waals surface area contributed by atoms with Crippen LogP contribution in [0.25, 0.3) is 0 Å². The lowest BCUT2D eigenvalue weighted by Gasteiger charge is -2.22. The lowest BCUT2D eigenvalue weighted by atomic mass is 9.80. The van der Waals surface area contributed by atoms with Crippen LogP contribution >= 0.6 is 0 Å². The van der Waals surface area contributed by atoms with Crippen molar-refractivity contribution in [2.75, 3.05) is 11.9 Å². The molecule has 2 heterocycles. The Morgan fingerprint density at radius 1 is 1.20 bits per heavy atom. The number of nitrogens with zero attached hydrogens (tertiary/aromatic N) is 2. The number of anilines is 1. The summed E-state index contributed by atoms with van der Waals surface area (Å²) in [4.78, 5) is 26.5. The van der Waals surface area contributed by atoms with Crippen molar-refractivity contribution in [3.8, 4) is 11.8 Å². The average molecular weight is 333 g/mol. The topological polar surface area (TPSA) is 82.4 Å². The molecule has 0 bridgehead atoms. The van der Waals surface area contributed by atoms with Crippen molar-refractivity contribution < 1.29 is 14.3 Å². The van der Waals surface area contributed by atoms with Crippen molar-refractivity contribution in [1.29, 1.82) is 5.26 Å². The largest absolute Gasteiger partial charge is 0.416 e. The third-order valence-electron chi connectivity index (χ3n) is 4.82. The van der Waals surface area contributed by atoms with Gasteiger partial charge < -0.3 is 10.1 Å². The average Bonchev–Trinajstić information content (AvgIpc) is 3.16. The Labute approximate surface area is 144 Å². The summed E-state index contributed by atoms with van der Waals surface area (Å²) in [5.74, 6) is 0.227. The van der Waals surface area contributed by atoms with Crippen LogP contribution in [0.1, 0.15) is 12.0 Å². The molecule has 25 heavy (non-hydrogen) atoms. The van der Waals surface area contributed by atoms with E-state index in [1.165, 1.54) is 4.90 Å². The van der Waals surface area contributed by atoms with Gasteiger partial charge >= 0.3 is 6.09 Å². The van der Waals surface area contributed by atoms with E-state index in [1.807, 2.05) is 30.3 Å². The fourth-order valence-electron chi connectivity index (χ4n) is 3.59. The van der Waals surface area contributed by atoms with E-state index >= 15 is 0 Å². The molecule has 2 aromatic rings. The molecule has 2 aromatic carbocycles. The van der Waals surface area contributed by atoms with E-state index in [0.717, 1.165) is 11.3 Å². The minimum Gasteiger partial charge on any atom is -0.410 e. The quantitative estimate of drug-likeness (QED) is 0.870. The van der Waals surface area contributed by atoms with Crippen molar-refractivity contribution in [3.63, 3.8) is 0 Å². The highest BCUT2D eigenvalue weighted by atomic mass is 16.6. The van der Waals surface area contributed by atoms with Gasteiger partial charge in [-0.25, -0.2) is 4.79 Å². The fourth-order valence-corrected chi connectivity index (χ4v) is 3.59. The number of nitrogens with one attached hydrogen (secondary N) is 1. The van der Waals surface area contributed by atoms with E-state index in [2.05, 4.69) is 11.4 Å². The van der Waals surface area contributed by atoms with Crippen molar-refractivity contribution in [3.05, 3.63) is 60.2 Å². The predicted octanol–water partition coefficient (Wildman–Crippen LogP) is 2.67. The summed E-state index contributed by atoms with van der Waals surface area (Å²) < 4.78 is 5.36. The van der Waals surface area contributed by atoms with E-state index in [0.29, 0.717) is 5.75 Å². The molecule has 1 spiro atoms. The number of hydrogen-bond acceptors (Lipinski definition) is 4. The Bertz CT molecular complexity index is 890. The molecule has 2 amide bonds. The number of ether oxygens (including phenoxy) is 1. The van der Waals surface area contributed by atoms with Gasteiger partial charge in [0.05, 0.1) is 11.5 Å². The van der Waals surface area contributed by atoms with Gasteiger partial charge in [-0.2, -0.15) is 5.26 Å². The monoisotopic (exact) mass is 333 g/mol. The van der Waals surface area contributed by atoms with Crippen LogP contribution in [0.3, 0.4) is 0 Å². The number of carbonyl (C=O) groups is 2. The molecule has 6 nitrogen and oxygen atoms in total. The van der Waals surface area contributed by atoms with Gasteiger partial charge in [-0.05, 0) is 23.8 Å². The highest BCUT2D eigenvalue weighted by molar-refractivity contribution is 6.07. The first-order chi connectivity index (χ1) is 12.1. The van der Waals surface area contributed by atoms with Crippen LogP contribution in [0.15, 0.2) is 54.6 Å². The molecule has 4 rings (SSSR count). The van der Waals surface area contributed by atoms with Crippen molar-refractivity contribution in [2.24, 2.45) is 0 Å². The second kappa shape index (κ2) is 5.64. The van der Waals surface area contributed by atoms with E-state index in [9.17, 15) is 14.9 Å². The standard InChI is InChI=1S/C19H15N3O3/c20-11-13-10-19(15-8-4-5-9-16(15)21-17(19)23)12-22(13)18(24)25-14-6-2-1-3-7-14/h1-9,13H,10,12H2,(H,21,23)/t13-,19-/m0/s1. The first kappa shape index (κ1) is 15.2. The molecule has 0 aromatic heterocycles. The number of benzene rings is 2. The normalized spacial score (nSPS) is 23.9. The van der Waals surface area contributed by atoms with E-state index in [1.54, 1.807) is 24.3 Å². The number of hydrogen-bond donors (Lipinski definition) is 1. The number of nitriles is 1. The Morgan fingerprint density at radius 2 is 1.92 bits per heavy atom. The number of amides is 2. The van der Waals surface area contributed by atoms with Crippen molar-refractivity contribution in [2.45, 2.75) is 17.9 Å². The fraction of sp³-hybridized carbons (Fsp3) is 0.211. The third kappa shape index (κ3) is 2.32. The summed E-state index contributed by atoms with van der Waals surface area (Å²) in [6.45, 7) is 0.125. The minimum absolute atomic E-state index is 0.125. The highest BCUT2D eigenvalue weighted by Gasteiger charge is 2.56. The predicted molar refractivity (Wildman–Crippen MR) is 89.9 cm³/mol. The molecule has 2 atom stereocenters. The van der Waals surface area contributed by atoms with Gasteiger partial charge in [0.1, 0.15) is 11.8 Å². The smallest absolute Gasteiger partial charge is 0.410 e. The Balaban J connectivity index is 1.64. The minimum atomic E-state index is -0.896. The zero-order valence-electron chi connectivity index (χ0n) is 13.3. The molecule has 2 aliphatic rings. The molecule has 1 saturated heterocycles. The molecular formula is C19H15N3O3. The first-order valence-corrected chi connectivity index (χ1v) is 7.98. The summed E-state index contributed by atoms with van der Waals surface area (Å²) in [6, 6.07) is 17.5. The summed E-state index contributed by atoms with van der Waals surface area (Å²) in [5.41, 5.74) is 0.671. The lowest BCUT2D eigenvalue weighted by Crippen LogP contribution is -2.41.